The maximum absolute atomic E-state index is 12.3. The normalized spacial score (nSPS) is 11.1. The zero-order chi connectivity index (χ0) is 17.2. The molecule has 0 saturated carbocycles. The largest absolute Gasteiger partial charge is 0.294 e. The number of rotatable bonds is 11. The zero-order valence-corrected chi connectivity index (χ0v) is 16.0. The van der Waals surface area contributed by atoms with E-state index in [-0.39, 0.29) is 5.78 Å². The number of thioether (sulfide) groups is 1. The number of fused-ring (bicyclic) bond motifs is 1. The number of hydrogen-bond acceptors (Lipinski definition) is 2. The van der Waals surface area contributed by atoms with Gasteiger partial charge >= 0.3 is 0 Å². The van der Waals surface area contributed by atoms with Crippen molar-refractivity contribution in [1.82, 2.24) is 0 Å². The van der Waals surface area contributed by atoms with Crippen LogP contribution in [0.25, 0.3) is 10.8 Å². The summed E-state index contributed by atoms with van der Waals surface area (Å²) < 4.78 is 0. The molecule has 2 aromatic rings. The van der Waals surface area contributed by atoms with Crippen molar-refractivity contribution in [3.63, 3.8) is 0 Å². The lowest BCUT2D eigenvalue weighted by Gasteiger charge is -2.10. The van der Waals surface area contributed by atoms with Crippen molar-refractivity contribution in [2.45, 2.75) is 70.1 Å². The highest BCUT2D eigenvalue weighted by Gasteiger charge is 2.11. The molecule has 0 aliphatic rings. The van der Waals surface area contributed by atoms with E-state index in [1.54, 1.807) is 0 Å². The van der Waals surface area contributed by atoms with Gasteiger partial charge in [0, 0.05) is 16.9 Å². The molecule has 0 bridgehead atoms. The van der Waals surface area contributed by atoms with Crippen LogP contribution in [0.15, 0.2) is 41.3 Å². The Kier molecular flexibility index (Phi) is 8.38. The topological polar surface area (TPSA) is 17.1 Å². The van der Waals surface area contributed by atoms with Crippen LogP contribution in [-0.2, 0) is 0 Å². The van der Waals surface area contributed by atoms with E-state index in [1.807, 2.05) is 23.9 Å². The van der Waals surface area contributed by atoms with Gasteiger partial charge in [0.1, 0.15) is 0 Å². The molecule has 0 unspecified atom stereocenters. The fourth-order valence-corrected chi connectivity index (χ4v) is 4.13. The maximum Gasteiger partial charge on any atom is 0.163 e. The van der Waals surface area contributed by atoms with Gasteiger partial charge in [-0.15, -0.1) is 11.8 Å². The van der Waals surface area contributed by atoms with Gasteiger partial charge in [0.05, 0.1) is 0 Å². The minimum atomic E-state index is 0.265. The quantitative estimate of drug-likeness (QED) is 0.242. The molecule has 0 atom stereocenters. The van der Waals surface area contributed by atoms with Crippen LogP contribution >= 0.6 is 11.8 Å². The van der Waals surface area contributed by atoms with Gasteiger partial charge in [0.15, 0.2) is 5.78 Å². The summed E-state index contributed by atoms with van der Waals surface area (Å²) in [6.07, 6.45) is 9.56. The lowest BCUT2D eigenvalue weighted by atomic mass is 9.99. The average molecular weight is 343 g/mol. The van der Waals surface area contributed by atoms with Crippen LogP contribution in [0, 0.1) is 0 Å². The Morgan fingerprint density at radius 3 is 2.29 bits per heavy atom. The highest BCUT2D eigenvalue weighted by molar-refractivity contribution is 7.99. The molecule has 0 saturated heterocycles. The van der Waals surface area contributed by atoms with Crippen LogP contribution in [-0.4, -0.2) is 11.5 Å². The fourth-order valence-electron chi connectivity index (χ4n) is 3.07. The van der Waals surface area contributed by atoms with Gasteiger partial charge < -0.3 is 0 Å². The Hall–Kier alpha value is -1.28. The first kappa shape index (κ1) is 19.1. The molecule has 0 aliphatic heterocycles. The predicted octanol–water partition coefficient (Wildman–Crippen LogP) is 7.28. The molecule has 0 fully saturated rings. The third-order valence-corrected chi connectivity index (χ3v) is 5.58. The van der Waals surface area contributed by atoms with Crippen molar-refractivity contribution in [1.29, 1.82) is 0 Å². The lowest BCUT2D eigenvalue weighted by Crippen LogP contribution is -1.99. The first-order valence-corrected chi connectivity index (χ1v) is 10.4. The van der Waals surface area contributed by atoms with Crippen molar-refractivity contribution in [2.24, 2.45) is 0 Å². The van der Waals surface area contributed by atoms with Gasteiger partial charge in [-0.1, -0.05) is 70.2 Å². The van der Waals surface area contributed by atoms with Crippen LogP contribution < -0.4 is 0 Å². The number of carbonyl (C=O) groups is 1. The Bertz CT molecular complexity index is 647. The van der Waals surface area contributed by atoms with Crippen LogP contribution in [0.3, 0.4) is 0 Å². The van der Waals surface area contributed by atoms with E-state index in [4.69, 9.17) is 0 Å². The summed E-state index contributed by atoms with van der Waals surface area (Å²) >= 11 is 1.94. The smallest absolute Gasteiger partial charge is 0.163 e. The van der Waals surface area contributed by atoms with Gasteiger partial charge in [-0.3, -0.25) is 4.79 Å². The Labute approximate surface area is 151 Å². The summed E-state index contributed by atoms with van der Waals surface area (Å²) in [7, 11) is 0. The molecule has 0 N–H and O–H groups in total. The molecule has 0 spiro atoms. The second kappa shape index (κ2) is 10.6. The first-order valence-electron chi connectivity index (χ1n) is 9.45. The molecule has 2 rings (SSSR count). The highest BCUT2D eigenvalue weighted by Crippen LogP contribution is 2.31. The molecular formula is C22H30OS. The minimum absolute atomic E-state index is 0.265. The standard InChI is InChI=1S/C22H30OS/c1-3-5-6-7-8-11-17-24-22-16-15-19(21(23)12-4-2)18-13-9-10-14-20(18)22/h9-10,13-16H,3-8,11-12,17H2,1-2H3. The molecule has 2 heteroatoms. The van der Waals surface area contributed by atoms with Gasteiger partial charge in [-0.05, 0) is 41.5 Å². The highest BCUT2D eigenvalue weighted by atomic mass is 32.2. The van der Waals surface area contributed by atoms with Crippen LogP contribution in [0.1, 0.15) is 75.6 Å². The SMILES string of the molecule is CCCCCCCCSc1ccc(C(=O)CCC)c2ccccc12. The van der Waals surface area contributed by atoms with E-state index >= 15 is 0 Å². The summed E-state index contributed by atoms with van der Waals surface area (Å²) in [6, 6.07) is 12.5. The second-order valence-corrected chi connectivity index (χ2v) is 7.58. The van der Waals surface area contributed by atoms with Gasteiger partial charge in [0.25, 0.3) is 0 Å². The third-order valence-electron chi connectivity index (χ3n) is 4.42. The molecular weight excluding hydrogens is 312 g/mol. The molecule has 0 amide bonds. The molecule has 0 radical (unpaired) electrons. The van der Waals surface area contributed by atoms with Crippen molar-refractivity contribution in [3.8, 4) is 0 Å². The zero-order valence-electron chi connectivity index (χ0n) is 15.1. The fraction of sp³-hybridized carbons (Fsp3) is 0.500. The number of Topliss-reactive ketones (excluding diaryl/α,β-unsaturated/α-hetero) is 1. The second-order valence-electron chi connectivity index (χ2n) is 6.45. The number of benzene rings is 2. The predicted molar refractivity (Wildman–Crippen MR) is 107 cm³/mol. The van der Waals surface area contributed by atoms with Crippen molar-refractivity contribution in [3.05, 3.63) is 42.0 Å². The average Bonchev–Trinajstić information content (AvgIpc) is 2.61. The first-order chi connectivity index (χ1) is 11.8. The molecule has 0 aromatic heterocycles. The summed E-state index contributed by atoms with van der Waals surface area (Å²) in [5.74, 6) is 1.43. The van der Waals surface area contributed by atoms with Crippen LogP contribution in [0.4, 0.5) is 0 Å². The van der Waals surface area contributed by atoms with E-state index < -0.39 is 0 Å². The molecule has 1 nitrogen and oxygen atoms in total. The molecule has 130 valence electrons. The van der Waals surface area contributed by atoms with Crippen LogP contribution in [0.2, 0.25) is 0 Å². The van der Waals surface area contributed by atoms with Gasteiger partial charge in [0.2, 0.25) is 0 Å². The van der Waals surface area contributed by atoms with Crippen molar-refractivity contribution < 1.29 is 4.79 Å². The Balaban J connectivity index is 2.01. The Morgan fingerprint density at radius 2 is 1.54 bits per heavy atom. The monoisotopic (exact) mass is 342 g/mol. The lowest BCUT2D eigenvalue weighted by molar-refractivity contribution is 0.0983. The van der Waals surface area contributed by atoms with Gasteiger partial charge in [-0.25, -0.2) is 0 Å². The summed E-state index contributed by atoms with van der Waals surface area (Å²) in [6.45, 7) is 4.32. The van der Waals surface area contributed by atoms with E-state index in [9.17, 15) is 4.79 Å². The van der Waals surface area contributed by atoms with Crippen molar-refractivity contribution in [2.75, 3.05) is 5.75 Å². The minimum Gasteiger partial charge on any atom is -0.294 e. The van der Waals surface area contributed by atoms with E-state index in [1.165, 1.54) is 54.6 Å². The molecule has 0 aliphatic carbocycles. The van der Waals surface area contributed by atoms with Gasteiger partial charge in [-0.2, -0.15) is 0 Å². The molecule has 2 aromatic carbocycles. The summed E-state index contributed by atoms with van der Waals surface area (Å²) in [5.41, 5.74) is 0.886. The van der Waals surface area contributed by atoms with E-state index in [2.05, 4.69) is 38.1 Å². The van der Waals surface area contributed by atoms with Crippen molar-refractivity contribution >= 4 is 28.3 Å². The van der Waals surface area contributed by atoms with E-state index in [0.29, 0.717) is 6.42 Å². The van der Waals surface area contributed by atoms with Crippen LogP contribution in [0.5, 0.6) is 0 Å². The maximum atomic E-state index is 12.3. The summed E-state index contributed by atoms with van der Waals surface area (Å²) in [5, 5.41) is 2.35. The van der Waals surface area contributed by atoms with E-state index in [0.717, 1.165) is 17.4 Å². The number of unbranched alkanes of at least 4 members (excludes halogenated alkanes) is 5. The third kappa shape index (κ3) is 5.37. The summed E-state index contributed by atoms with van der Waals surface area (Å²) in [4.78, 5) is 13.7. The number of hydrogen-bond donors (Lipinski definition) is 0. The number of ketones is 1. The molecule has 24 heavy (non-hydrogen) atoms. The molecule has 0 heterocycles. The number of carbonyl (C=O) groups excluding carboxylic acids is 1. The Morgan fingerprint density at radius 1 is 0.833 bits per heavy atom.